The van der Waals surface area contributed by atoms with Crippen LogP contribution in [0.25, 0.3) is 11.4 Å². The second-order valence-electron chi connectivity index (χ2n) is 6.84. The van der Waals surface area contributed by atoms with Crippen molar-refractivity contribution in [2.24, 2.45) is 7.05 Å². The van der Waals surface area contributed by atoms with E-state index >= 15 is 0 Å². The van der Waals surface area contributed by atoms with E-state index in [1.165, 1.54) is 16.9 Å². The van der Waals surface area contributed by atoms with Crippen molar-refractivity contribution in [1.82, 2.24) is 30.4 Å². The Kier molecular flexibility index (Phi) is 4.97. The number of rotatable bonds is 6. The zero-order valence-electron chi connectivity index (χ0n) is 16.1. The minimum atomic E-state index is -1.07. The highest BCUT2D eigenvalue weighted by atomic mass is 16.4. The molecule has 0 spiro atoms. The summed E-state index contributed by atoms with van der Waals surface area (Å²) in [5, 5.41) is 23.7. The van der Waals surface area contributed by atoms with Crippen LogP contribution < -0.4 is 5.32 Å². The van der Waals surface area contributed by atoms with E-state index in [0.717, 1.165) is 5.56 Å². The number of aromatic carboxylic acids is 1. The molecule has 1 aromatic heterocycles. The molecule has 2 heterocycles. The SMILES string of the molecule is Cn1nnc(-c2cccc(C(=O)NCCN3Cc4ccc(C(=O)O)cc4C3=O)c2)n1. The van der Waals surface area contributed by atoms with Crippen LogP contribution in [0.2, 0.25) is 0 Å². The van der Waals surface area contributed by atoms with Gasteiger partial charge in [0, 0.05) is 36.3 Å². The van der Waals surface area contributed by atoms with Gasteiger partial charge < -0.3 is 15.3 Å². The Bertz CT molecular complexity index is 1160. The Balaban J connectivity index is 1.36. The van der Waals surface area contributed by atoms with Gasteiger partial charge in [-0.3, -0.25) is 9.59 Å². The molecule has 0 unspecified atom stereocenters. The number of aromatic nitrogens is 4. The number of benzene rings is 2. The Hall–Kier alpha value is -4.08. The first-order valence-corrected chi connectivity index (χ1v) is 9.20. The number of hydrogen-bond donors (Lipinski definition) is 2. The van der Waals surface area contributed by atoms with Crippen molar-refractivity contribution in [2.45, 2.75) is 6.54 Å². The number of carbonyl (C=O) groups excluding carboxylic acids is 2. The molecule has 30 heavy (non-hydrogen) atoms. The molecule has 0 saturated carbocycles. The van der Waals surface area contributed by atoms with Crippen molar-refractivity contribution in [2.75, 3.05) is 13.1 Å². The minimum absolute atomic E-state index is 0.0785. The lowest BCUT2D eigenvalue weighted by Crippen LogP contribution is -2.35. The van der Waals surface area contributed by atoms with Crippen LogP contribution in [0.4, 0.5) is 0 Å². The van der Waals surface area contributed by atoms with Crippen molar-refractivity contribution in [1.29, 1.82) is 0 Å². The average molecular weight is 406 g/mol. The molecule has 152 valence electrons. The van der Waals surface area contributed by atoms with Crippen LogP contribution in [0.3, 0.4) is 0 Å². The summed E-state index contributed by atoms with van der Waals surface area (Å²) >= 11 is 0. The summed E-state index contributed by atoms with van der Waals surface area (Å²) in [5.41, 5.74) is 2.37. The van der Waals surface area contributed by atoms with E-state index in [9.17, 15) is 14.4 Å². The summed E-state index contributed by atoms with van der Waals surface area (Å²) in [6, 6.07) is 11.4. The first-order chi connectivity index (χ1) is 14.4. The molecule has 10 nitrogen and oxygen atoms in total. The average Bonchev–Trinajstić information content (AvgIpc) is 3.31. The molecule has 3 aromatic rings. The van der Waals surface area contributed by atoms with Gasteiger partial charge in [-0.2, -0.15) is 4.80 Å². The second-order valence-corrected chi connectivity index (χ2v) is 6.84. The zero-order chi connectivity index (χ0) is 21.3. The third-order valence-electron chi connectivity index (χ3n) is 4.79. The lowest BCUT2D eigenvalue weighted by molar-refractivity contribution is 0.0696. The number of aryl methyl sites for hydroxylation is 1. The summed E-state index contributed by atoms with van der Waals surface area (Å²) in [7, 11) is 1.66. The fourth-order valence-electron chi connectivity index (χ4n) is 3.28. The minimum Gasteiger partial charge on any atom is -0.478 e. The van der Waals surface area contributed by atoms with Gasteiger partial charge in [-0.05, 0) is 35.0 Å². The smallest absolute Gasteiger partial charge is 0.335 e. The Morgan fingerprint density at radius 3 is 2.73 bits per heavy atom. The van der Waals surface area contributed by atoms with Gasteiger partial charge in [0.05, 0.1) is 12.6 Å². The Labute approximate surface area is 171 Å². The first kappa shape index (κ1) is 19.2. The highest BCUT2D eigenvalue weighted by molar-refractivity contribution is 6.01. The predicted octanol–water partition coefficient (Wildman–Crippen LogP) is 0.961. The fourth-order valence-corrected chi connectivity index (χ4v) is 3.28. The lowest BCUT2D eigenvalue weighted by Gasteiger charge is -2.16. The second kappa shape index (κ2) is 7.74. The summed E-state index contributed by atoms with van der Waals surface area (Å²) in [4.78, 5) is 39.0. The Morgan fingerprint density at radius 2 is 2.00 bits per heavy atom. The lowest BCUT2D eigenvalue weighted by atomic mass is 10.1. The number of carbonyl (C=O) groups is 3. The molecule has 0 bridgehead atoms. The maximum absolute atomic E-state index is 12.5. The molecule has 1 aliphatic heterocycles. The van der Waals surface area contributed by atoms with E-state index in [0.29, 0.717) is 35.6 Å². The molecule has 2 amide bonds. The van der Waals surface area contributed by atoms with E-state index in [1.807, 2.05) is 0 Å². The van der Waals surface area contributed by atoms with Gasteiger partial charge in [0.1, 0.15) is 0 Å². The van der Waals surface area contributed by atoms with Crippen LogP contribution in [-0.2, 0) is 13.6 Å². The highest BCUT2D eigenvalue weighted by Crippen LogP contribution is 2.23. The van der Waals surface area contributed by atoms with Crippen LogP contribution in [0.1, 0.15) is 36.6 Å². The van der Waals surface area contributed by atoms with Crippen LogP contribution in [0, 0.1) is 0 Å². The Morgan fingerprint density at radius 1 is 1.17 bits per heavy atom. The number of carboxylic acids is 1. The number of nitrogens with zero attached hydrogens (tertiary/aromatic N) is 5. The van der Waals surface area contributed by atoms with Gasteiger partial charge in [-0.1, -0.05) is 18.2 Å². The topological polar surface area (TPSA) is 130 Å². The van der Waals surface area contributed by atoms with E-state index in [-0.39, 0.29) is 23.9 Å². The molecule has 0 aliphatic carbocycles. The molecule has 0 saturated heterocycles. The van der Waals surface area contributed by atoms with E-state index in [1.54, 1.807) is 42.3 Å². The van der Waals surface area contributed by atoms with Crippen molar-refractivity contribution >= 4 is 17.8 Å². The zero-order valence-corrected chi connectivity index (χ0v) is 16.1. The van der Waals surface area contributed by atoms with Crippen molar-refractivity contribution in [3.05, 3.63) is 64.7 Å². The van der Waals surface area contributed by atoms with Crippen LogP contribution in [0.5, 0.6) is 0 Å². The van der Waals surface area contributed by atoms with E-state index in [2.05, 4.69) is 20.7 Å². The molecule has 2 N–H and O–H groups in total. The molecule has 10 heteroatoms. The molecule has 1 aliphatic rings. The first-order valence-electron chi connectivity index (χ1n) is 9.20. The van der Waals surface area contributed by atoms with Gasteiger partial charge in [-0.15, -0.1) is 10.2 Å². The maximum Gasteiger partial charge on any atom is 0.335 e. The third-order valence-corrected chi connectivity index (χ3v) is 4.79. The highest BCUT2D eigenvalue weighted by Gasteiger charge is 2.28. The van der Waals surface area contributed by atoms with Crippen LogP contribution in [0.15, 0.2) is 42.5 Å². The summed E-state index contributed by atoms with van der Waals surface area (Å²) in [6.07, 6.45) is 0. The van der Waals surface area contributed by atoms with Gasteiger partial charge >= 0.3 is 5.97 Å². The molecule has 0 atom stereocenters. The molecular formula is C20H18N6O4. The fraction of sp³-hybridized carbons (Fsp3) is 0.200. The summed E-state index contributed by atoms with van der Waals surface area (Å²) in [5.74, 6) is -1.17. The number of carboxylic acid groups (broad SMARTS) is 1. The normalized spacial score (nSPS) is 12.7. The number of amides is 2. The summed E-state index contributed by atoms with van der Waals surface area (Å²) < 4.78 is 0. The standard InChI is InChI=1S/C20H18N6O4/c1-25-23-17(22-24-25)12-3-2-4-13(9-12)18(27)21-7-8-26-11-15-6-5-14(20(29)30)10-16(15)19(26)28/h2-6,9-10H,7-8,11H2,1H3,(H,21,27)(H,29,30). The number of hydrogen-bond acceptors (Lipinski definition) is 6. The summed E-state index contributed by atoms with van der Waals surface area (Å²) in [6.45, 7) is 0.961. The van der Waals surface area contributed by atoms with Crippen molar-refractivity contribution in [3.8, 4) is 11.4 Å². The van der Waals surface area contributed by atoms with Crippen LogP contribution in [-0.4, -0.2) is 61.1 Å². The maximum atomic E-state index is 12.5. The van der Waals surface area contributed by atoms with Gasteiger partial charge in [0.25, 0.3) is 11.8 Å². The van der Waals surface area contributed by atoms with E-state index < -0.39 is 5.97 Å². The quantitative estimate of drug-likeness (QED) is 0.623. The van der Waals surface area contributed by atoms with Crippen molar-refractivity contribution < 1.29 is 19.5 Å². The van der Waals surface area contributed by atoms with Gasteiger partial charge in [0.15, 0.2) is 0 Å². The number of fused-ring (bicyclic) bond motifs is 1. The molecular weight excluding hydrogens is 388 g/mol. The molecule has 0 fully saturated rings. The molecule has 0 radical (unpaired) electrons. The number of nitrogens with one attached hydrogen (secondary N) is 1. The largest absolute Gasteiger partial charge is 0.478 e. The van der Waals surface area contributed by atoms with E-state index in [4.69, 9.17) is 5.11 Å². The van der Waals surface area contributed by atoms with Gasteiger partial charge in [-0.25, -0.2) is 4.79 Å². The van der Waals surface area contributed by atoms with Gasteiger partial charge in [0.2, 0.25) is 5.82 Å². The predicted molar refractivity (Wildman–Crippen MR) is 105 cm³/mol. The number of tetrazole rings is 1. The molecule has 4 rings (SSSR count). The van der Waals surface area contributed by atoms with Crippen molar-refractivity contribution in [3.63, 3.8) is 0 Å². The molecule has 2 aromatic carbocycles. The van der Waals surface area contributed by atoms with Crippen LogP contribution >= 0.6 is 0 Å². The monoisotopic (exact) mass is 406 g/mol. The third kappa shape index (κ3) is 3.75.